The Morgan fingerprint density at radius 1 is 0.542 bits per heavy atom. The number of phosphoric acid groups is 1. The summed E-state index contributed by atoms with van der Waals surface area (Å²) in [5.41, 5.74) is 0. The fourth-order valence-electron chi connectivity index (χ4n) is 6.50. The second-order valence-corrected chi connectivity index (χ2v) is 17.7. The van der Waals surface area contributed by atoms with Gasteiger partial charge in [0.1, 0.15) is 6.61 Å². The molecule has 0 aliphatic heterocycles. The summed E-state index contributed by atoms with van der Waals surface area (Å²) < 4.78 is 33.5. The number of carbonyl (C=O) groups is 2. The van der Waals surface area contributed by atoms with E-state index in [1.807, 2.05) is 19.0 Å². The van der Waals surface area contributed by atoms with Crippen LogP contribution in [0.2, 0.25) is 0 Å². The Balaban J connectivity index is 4.22. The number of allylic oxidation sites excluding steroid dienone is 8. The maximum Gasteiger partial charge on any atom is 0.472 e. The summed E-state index contributed by atoms with van der Waals surface area (Å²) in [6, 6.07) is 0. The van der Waals surface area contributed by atoms with Crippen LogP contribution in [0.15, 0.2) is 48.6 Å². The minimum atomic E-state index is -4.38. The maximum absolute atomic E-state index is 12.7. The molecular weight excluding hydrogens is 762 g/mol. The first-order chi connectivity index (χ1) is 28.7. The lowest BCUT2D eigenvalue weighted by Crippen LogP contribution is -2.29. The number of phosphoric ester groups is 1. The van der Waals surface area contributed by atoms with E-state index in [0.717, 1.165) is 57.8 Å². The van der Waals surface area contributed by atoms with Crippen LogP contribution >= 0.6 is 7.82 Å². The van der Waals surface area contributed by atoms with E-state index in [1.165, 1.54) is 116 Å². The normalized spacial score (nSPS) is 13.7. The summed E-state index contributed by atoms with van der Waals surface area (Å²) in [5, 5.41) is 0. The minimum Gasteiger partial charge on any atom is -0.462 e. The molecule has 0 heterocycles. The molecule has 59 heavy (non-hydrogen) atoms. The molecule has 0 bridgehead atoms. The van der Waals surface area contributed by atoms with Gasteiger partial charge in [0.05, 0.1) is 13.2 Å². The molecule has 0 radical (unpaired) electrons. The van der Waals surface area contributed by atoms with Crippen LogP contribution in [-0.2, 0) is 32.7 Å². The Kier molecular flexibility index (Phi) is 42.5. The lowest BCUT2D eigenvalue weighted by molar-refractivity contribution is -0.161. The Morgan fingerprint density at radius 2 is 0.966 bits per heavy atom. The first-order valence-electron chi connectivity index (χ1n) is 23.9. The van der Waals surface area contributed by atoms with Gasteiger partial charge >= 0.3 is 19.8 Å². The Bertz CT molecular complexity index is 1120. The zero-order valence-electron chi connectivity index (χ0n) is 38.4. The quantitative estimate of drug-likeness (QED) is 0.0277. The Labute approximate surface area is 362 Å². The average Bonchev–Trinajstić information content (AvgIpc) is 3.20. The molecule has 0 aromatic heterocycles. The van der Waals surface area contributed by atoms with Crippen molar-refractivity contribution in [3.63, 3.8) is 0 Å². The van der Waals surface area contributed by atoms with E-state index in [4.69, 9.17) is 18.5 Å². The van der Waals surface area contributed by atoms with Gasteiger partial charge in [0.15, 0.2) is 6.10 Å². The number of esters is 2. The summed E-state index contributed by atoms with van der Waals surface area (Å²) in [6.07, 6.45) is 50.3. The van der Waals surface area contributed by atoms with Crippen LogP contribution in [0, 0.1) is 0 Å². The molecule has 0 aromatic rings. The number of hydrogen-bond donors (Lipinski definition) is 1. The average molecular weight is 852 g/mol. The van der Waals surface area contributed by atoms with Crippen molar-refractivity contribution in [2.24, 2.45) is 0 Å². The number of ether oxygens (including phenoxy) is 2. The van der Waals surface area contributed by atoms with Crippen LogP contribution in [0.25, 0.3) is 0 Å². The Morgan fingerprint density at radius 3 is 1.44 bits per heavy atom. The highest BCUT2D eigenvalue weighted by atomic mass is 31.2. The largest absolute Gasteiger partial charge is 0.472 e. The third-order valence-corrected chi connectivity index (χ3v) is 11.1. The van der Waals surface area contributed by atoms with Gasteiger partial charge in [-0.1, -0.05) is 191 Å². The van der Waals surface area contributed by atoms with Crippen molar-refractivity contribution in [3.05, 3.63) is 48.6 Å². The molecular formula is C49H90NO8P. The van der Waals surface area contributed by atoms with E-state index in [1.54, 1.807) is 0 Å². The number of hydrogen-bond acceptors (Lipinski definition) is 8. The van der Waals surface area contributed by atoms with Gasteiger partial charge in [-0.05, 0) is 65.5 Å². The monoisotopic (exact) mass is 852 g/mol. The van der Waals surface area contributed by atoms with Crippen LogP contribution < -0.4 is 0 Å². The number of likely N-dealkylation sites (N-methyl/N-ethyl adjacent to an activating group) is 1. The predicted molar refractivity (Wildman–Crippen MR) is 248 cm³/mol. The molecule has 10 heteroatoms. The van der Waals surface area contributed by atoms with E-state index in [2.05, 4.69) is 62.5 Å². The minimum absolute atomic E-state index is 0.000989. The molecule has 0 aliphatic carbocycles. The first kappa shape index (κ1) is 57.0. The lowest BCUT2D eigenvalue weighted by atomic mass is 10.0. The van der Waals surface area contributed by atoms with Gasteiger partial charge in [0.25, 0.3) is 0 Å². The summed E-state index contributed by atoms with van der Waals surface area (Å²) in [6.45, 7) is 4.18. The fourth-order valence-corrected chi connectivity index (χ4v) is 7.24. The highest BCUT2D eigenvalue weighted by molar-refractivity contribution is 7.47. The first-order valence-corrected chi connectivity index (χ1v) is 25.4. The van der Waals surface area contributed by atoms with E-state index < -0.39 is 26.5 Å². The molecule has 0 aliphatic rings. The fraction of sp³-hybridized carbons (Fsp3) is 0.796. The van der Waals surface area contributed by atoms with E-state index in [0.29, 0.717) is 13.0 Å². The molecule has 0 amide bonds. The van der Waals surface area contributed by atoms with Crippen molar-refractivity contribution >= 4 is 19.8 Å². The molecule has 0 saturated carbocycles. The SMILES string of the molecule is CC/C=C\C/C=C\C/C=C\C/C=C\CCCCC(=O)OC(COC(=O)CCCCCCCCCCCCCCCCCCCCCCC)COP(=O)(O)OCCN(C)C. The Hall–Kier alpha value is -2.03. The third-order valence-electron chi connectivity index (χ3n) is 10.1. The summed E-state index contributed by atoms with van der Waals surface area (Å²) in [4.78, 5) is 37.1. The summed E-state index contributed by atoms with van der Waals surface area (Å²) in [7, 11) is -0.733. The van der Waals surface area contributed by atoms with Gasteiger partial charge in [0, 0.05) is 19.4 Å². The van der Waals surface area contributed by atoms with Gasteiger partial charge in [0.2, 0.25) is 0 Å². The van der Waals surface area contributed by atoms with E-state index >= 15 is 0 Å². The van der Waals surface area contributed by atoms with Crippen LogP contribution in [0.3, 0.4) is 0 Å². The summed E-state index contributed by atoms with van der Waals surface area (Å²) in [5.74, 6) is -0.846. The summed E-state index contributed by atoms with van der Waals surface area (Å²) >= 11 is 0. The molecule has 2 atom stereocenters. The van der Waals surface area contributed by atoms with Crippen LogP contribution in [-0.4, -0.2) is 68.3 Å². The number of carbonyl (C=O) groups excluding carboxylic acids is 2. The molecule has 0 saturated heterocycles. The molecule has 2 unspecified atom stereocenters. The van der Waals surface area contributed by atoms with Gasteiger partial charge in [-0.15, -0.1) is 0 Å². The van der Waals surface area contributed by atoms with Gasteiger partial charge in [-0.25, -0.2) is 4.57 Å². The van der Waals surface area contributed by atoms with Crippen LogP contribution in [0.1, 0.15) is 206 Å². The lowest BCUT2D eigenvalue weighted by Gasteiger charge is -2.20. The van der Waals surface area contributed by atoms with E-state index in [9.17, 15) is 19.0 Å². The van der Waals surface area contributed by atoms with E-state index in [-0.39, 0.29) is 32.0 Å². The standard InChI is InChI=1S/C49H90NO8P/c1-5-7-9-11-13-15-17-19-21-22-23-24-25-26-28-29-31-33-35-37-39-41-48(51)55-45-47(46-57-59(53,54)56-44-43-50(3)4)58-49(52)42-40-38-36-34-32-30-27-20-18-16-14-12-10-8-6-2/h8,10,14,16,20,27,32,34,47H,5-7,9,11-13,15,17-19,21-26,28-31,33,35-46H2,1-4H3,(H,53,54)/b10-8-,16-14-,27-20-,34-32-. The van der Waals surface area contributed by atoms with Crippen molar-refractivity contribution in [2.45, 2.75) is 213 Å². The van der Waals surface area contributed by atoms with Crippen molar-refractivity contribution in [1.29, 1.82) is 0 Å². The highest BCUT2D eigenvalue weighted by Gasteiger charge is 2.26. The molecule has 1 N–H and O–H groups in total. The van der Waals surface area contributed by atoms with Gasteiger partial charge in [-0.3, -0.25) is 18.6 Å². The third kappa shape index (κ3) is 45.3. The molecule has 0 rings (SSSR count). The topological polar surface area (TPSA) is 112 Å². The number of rotatable bonds is 44. The molecule has 9 nitrogen and oxygen atoms in total. The molecule has 0 fully saturated rings. The molecule has 344 valence electrons. The molecule has 0 aromatic carbocycles. The maximum atomic E-state index is 12.7. The second-order valence-electron chi connectivity index (χ2n) is 16.3. The second kappa shape index (κ2) is 44.0. The van der Waals surface area contributed by atoms with Crippen molar-refractivity contribution < 1.29 is 37.6 Å². The molecule has 0 spiro atoms. The number of unbranched alkanes of at least 4 members (excludes halogenated alkanes) is 22. The smallest absolute Gasteiger partial charge is 0.462 e. The zero-order chi connectivity index (χ0) is 43.3. The van der Waals surface area contributed by atoms with Gasteiger partial charge in [-0.2, -0.15) is 0 Å². The van der Waals surface area contributed by atoms with Crippen molar-refractivity contribution in [1.82, 2.24) is 4.90 Å². The zero-order valence-corrected chi connectivity index (χ0v) is 39.3. The highest BCUT2D eigenvalue weighted by Crippen LogP contribution is 2.43. The number of nitrogens with zero attached hydrogens (tertiary/aromatic N) is 1. The van der Waals surface area contributed by atoms with Crippen molar-refractivity contribution in [2.75, 3.05) is 40.5 Å². The van der Waals surface area contributed by atoms with Crippen LogP contribution in [0.5, 0.6) is 0 Å². The van der Waals surface area contributed by atoms with Crippen LogP contribution in [0.4, 0.5) is 0 Å². The van der Waals surface area contributed by atoms with Gasteiger partial charge < -0.3 is 19.3 Å². The predicted octanol–water partition coefficient (Wildman–Crippen LogP) is 14.1. The van der Waals surface area contributed by atoms with Crippen molar-refractivity contribution in [3.8, 4) is 0 Å².